The standard InChI is InChI=1S/C15H10Cl2N2O2/c1-21-15(20)9-5-3-2-4-8(9)14-18-11-7-6-10(16)12(17)13(11)19-14/h2-7H,1H3,(H,18,19). The molecule has 21 heavy (non-hydrogen) atoms. The molecule has 3 aromatic rings. The number of esters is 1. The zero-order valence-electron chi connectivity index (χ0n) is 11.0. The zero-order valence-corrected chi connectivity index (χ0v) is 12.5. The van der Waals surface area contributed by atoms with Crippen molar-refractivity contribution in [3.8, 4) is 11.4 Å². The van der Waals surface area contributed by atoms with E-state index in [0.717, 1.165) is 5.52 Å². The first-order valence-electron chi connectivity index (χ1n) is 6.13. The van der Waals surface area contributed by atoms with Crippen molar-refractivity contribution < 1.29 is 9.53 Å². The molecule has 4 nitrogen and oxygen atoms in total. The molecular weight excluding hydrogens is 311 g/mol. The predicted octanol–water partition coefficient (Wildman–Crippen LogP) is 4.32. The number of ether oxygens (including phenoxy) is 1. The minimum absolute atomic E-state index is 0.382. The van der Waals surface area contributed by atoms with Crippen LogP contribution in [0.1, 0.15) is 10.4 Å². The Morgan fingerprint density at radius 1 is 1.19 bits per heavy atom. The van der Waals surface area contributed by atoms with E-state index in [1.54, 1.807) is 30.3 Å². The molecule has 1 N–H and O–H groups in total. The molecule has 0 aliphatic carbocycles. The molecule has 0 saturated carbocycles. The maximum absolute atomic E-state index is 11.8. The molecule has 0 radical (unpaired) electrons. The van der Waals surface area contributed by atoms with Crippen LogP contribution in [0.3, 0.4) is 0 Å². The normalized spacial score (nSPS) is 10.8. The second-order valence-corrected chi connectivity index (χ2v) is 5.17. The van der Waals surface area contributed by atoms with Gasteiger partial charge in [-0.3, -0.25) is 0 Å². The van der Waals surface area contributed by atoms with Crippen LogP contribution in [0.2, 0.25) is 10.0 Å². The summed E-state index contributed by atoms with van der Waals surface area (Å²) in [4.78, 5) is 19.4. The summed E-state index contributed by atoms with van der Waals surface area (Å²) in [6, 6.07) is 10.6. The quantitative estimate of drug-likeness (QED) is 0.715. The fourth-order valence-corrected chi connectivity index (χ4v) is 2.48. The highest BCUT2D eigenvalue weighted by Crippen LogP contribution is 2.32. The van der Waals surface area contributed by atoms with Gasteiger partial charge in [0.2, 0.25) is 0 Å². The van der Waals surface area contributed by atoms with Crippen molar-refractivity contribution in [2.75, 3.05) is 7.11 Å². The minimum Gasteiger partial charge on any atom is -0.465 e. The van der Waals surface area contributed by atoms with E-state index in [0.29, 0.717) is 32.5 Å². The third-order valence-electron chi connectivity index (χ3n) is 3.13. The first kappa shape index (κ1) is 13.9. The first-order valence-corrected chi connectivity index (χ1v) is 6.89. The Kier molecular flexibility index (Phi) is 3.57. The Labute approximate surface area is 130 Å². The fourth-order valence-electron chi connectivity index (χ4n) is 2.12. The molecule has 0 unspecified atom stereocenters. The van der Waals surface area contributed by atoms with Crippen LogP contribution in [0.25, 0.3) is 22.4 Å². The summed E-state index contributed by atoms with van der Waals surface area (Å²) >= 11 is 12.1. The van der Waals surface area contributed by atoms with Crippen molar-refractivity contribution in [1.29, 1.82) is 0 Å². The predicted molar refractivity (Wildman–Crippen MR) is 82.9 cm³/mol. The van der Waals surface area contributed by atoms with Gasteiger partial charge >= 0.3 is 5.97 Å². The number of benzene rings is 2. The zero-order chi connectivity index (χ0) is 15.0. The Morgan fingerprint density at radius 3 is 2.71 bits per heavy atom. The third kappa shape index (κ3) is 2.37. The molecule has 6 heteroatoms. The number of imidazole rings is 1. The molecule has 0 bridgehead atoms. The number of aromatic amines is 1. The summed E-state index contributed by atoms with van der Waals surface area (Å²) in [7, 11) is 1.34. The molecule has 0 spiro atoms. The van der Waals surface area contributed by atoms with Gasteiger partial charge in [0.05, 0.1) is 28.2 Å². The summed E-state index contributed by atoms with van der Waals surface area (Å²) in [6.07, 6.45) is 0. The fraction of sp³-hybridized carbons (Fsp3) is 0.0667. The maximum atomic E-state index is 11.8. The minimum atomic E-state index is -0.421. The highest BCUT2D eigenvalue weighted by molar-refractivity contribution is 6.44. The summed E-state index contributed by atoms with van der Waals surface area (Å²) in [5.41, 5.74) is 2.40. The van der Waals surface area contributed by atoms with Gasteiger partial charge in [-0.15, -0.1) is 0 Å². The number of halogens is 2. The molecule has 1 aromatic heterocycles. The molecule has 3 rings (SSSR count). The number of aromatic nitrogens is 2. The molecule has 0 saturated heterocycles. The van der Waals surface area contributed by atoms with Crippen LogP contribution in [0.15, 0.2) is 36.4 Å². The maximum Gasteiger partial charge on any atom is 0.338 e. The Morgan fingerprint density at radius 2 is 1.95 bits per heavy atom. The van der Waals surface area contributed by atoms with Gasteiger partial charge in [0.25, 0.3) is 0 Å². The SMILES string of the molecule is COC(=O)c1ccccc1-c1nc2c(Cl)c(Cl)ccc2[nH]1. The molecule has 2 aromatic carbocycles. The van der Waals surface area contributed by atoms with Gasteiger partial charge < -0.3 is 9.72 Å². The Bertz CT molecular complexity index is 843. The van der Waals surface area contributed by atoms with E-state index in [4.69, 9.17) is 27.9 Å². The highest BCUT2D eigenvalue weighted by atomic mass is 35.5. The van der Waals surface area contributed by atoms with E-state index >= 15 is 0 Å². The molecule has 0 atom stereocenters. The summed E-state index contributed by atoms with van der Waals surface area (Å²) in [6.45, 7) is 0. The number of nitrogens with zero attached hydrogens (tertiary/aromatic N) is 1. The number of hydrogen-bond donors (Lipinski definition) is 1. The van der Waals surface area contributed by atoms with Gasteiger partial charge in [0, 0.05) is 5.56 Å². The first-order chi connectivity index (χ1) is 10.1. The summed E-state index contributed by atoms with van der Waals surface area (Å²) in [5, 5.41) is 0.815. The van der Waals surface area contributed by atoms with Gasteiger partial charge in [-0.2, -0.15) is 0 Å². The number of fused-ring (bicyclic) bond motifs is 1. The van der Waals surface area contributed by atoms with Crippen molar-refractivity contribution >= 4 is 40.2 Å². The molecular formula is C15H10Cl2N2O2. The largest absolute Gasteiger partial charge is 0.465 e. The van der Waals surface area contributed by atoms with E-state index in [9.17, 15) is 4.79 Å². The smallest absolute Gasteiger partial charge is 0.338 e. The lowest BCUT2D eigenvalue weighted by Crippen LogP contribution is -2.03. The van der Waals surface area contributed by atoms with Gasteiger partial charge in [0.1, 0.15) is 11.3 Å². The Balaban J connectivity index is 2.22. The van der Waals surface area contributed by atoms with Crippen LogP contribution >= 0.6 is 23.2 Å². The van der Waals surface area contributed by atoms with Crippen LogP contribution in [0.4, 0.5) is 0 Å². The molecule has 0 fully saturated rings. The van der Waals surface area contributed by atoms with Crippen LogP contribution in [0.5, 0.6) is 0 Å². The van der Waals surface area contributed by atoms with Crippen molar-refractivity contribution in [3.63, 3.8) is 0 Å². The van der Waals surface area contributed by atoms with Crippen molar-refractivity contribution in [2.24, 2.45) is 0 Å². The molecule has 106 valence electrons. The van der Waals surface area contributed by atoms with Crippen molar-refractivity contribution in [1.82, 2.24) is 9.97 Å². The van der Waals surface area contributed by atoms with Crippen LogP contribution in [0, 0.1) is 0 Å². The van der Waals surface area contributed by atoms with E-state index in [2.05, 4.69) is 9.97 Å². The number of nitrogens with one attached hydrogen (secondary N) is 1. The van der Waals surface area contributed by atoms with Crippen LogP contribution in [-0.2, 0) is 4.74 Å². The number of hydrogen-bond acceptors (Lipinski definition) is 3. The number of rotatable bonds is 2. The van der Waals surface area contributed by atoms with Gasteiger partial charge in [-0.05, 0) is 18.2 Å². The third-order valence-corrected chi connectivity index (χ3v) is 3.93. The second-order valence-electron chi connectivity index (χ2n) is 4.38. The molecule has 0 aliphatic heterocycles. The van der Waals surface area contributed by atoms with E-state index in [1.807, 2.05) is 6.07 Å². The summed E-state index contributed by atoms with van der Waals surface area (Å²) < 4.78 is 4.79. The lowest BCUT2D eigenvalue weighted by Gasteiger charge is -2.04. The van der Waals surface area contributed by atoms with Gasteiger partial charge in [-0.1, -0.05) is 41.4 Å². The second kappa shape index (κ2) is 5.39. The van der Waals surface area contributed by atoms with Gasteiger partial charge in [0.15, 0.2) is 0 Å². The average Bonchev–Trinajstić information content (AvgIpc) is 2.95. The van der Waals surface area contributed by atoms with E-state index < -0.39 is 5.97 Å². The number of methoxy groups -OCH3 is 1. The summed E-state index contributed by atoms with van der Waals surface area (Å²) in [5.74, 6) is 0.116. The van der Waals surface area contributed by atoms with Crippen LogP contribution < -0.4 is 0 Å². The Hall–Kier alpha value is -2.04. The van der Waals surface area contributed by atoms with Crippen molar-refractivity contribution in [2.45, 2.75) is 0 Å². The number of carbonyl (C=O) groups is 1. The van der Waals surface area contributed by atoms with Gasteiger partial charge in [-0.25, -0.2) is 9.78 Å². The monoisotopic (exact) mass is 320 g/mol. The number of H-pyrrole nitrogens is 1. The van der Waals surface area contributed by atoms with E-state index in [1.165, 1.54) is 7.11 Å². The highest BCUT2D eigenvalue weighted by Gasteiger charge is 2.16. The van der Waals surface area contributed by atoms with Crippen LogP contribution in [-0.4, -0.2) is 23.0 Å². The lowest BCUT2D eigenvalue weighted by atomic mass is 10.1. The van der Waals surface area contributed by atoms with E-state index in [-0.39, 0.29) is 0 Å². The molecule has 0 aliphatic rings. The number of carbonyl (C=O) groups excluding carboxylic acids is 1. The molecule has 0 amide bonds. The average molecular weight is 321 g/mol. The van der Waals surface area contributed by atoms with Crippen molar-refractivity contribution in [3.05, 3.63) is 52.0 Å². The lowest BCUT2D eigenvalue weighted by molar-refractivity contribution is 0.0601. The molecule has 1 heterocycles. The topological polar surface area (TPSA) is 55.0 Å².